The molecule has 2 rings (SSSR count). The molecule has 0 bridgehead atoms. The molecule has 0 saturated heterocycles. The zero-order chi connectivity index (χ0) is 16.8. The van der Waals surface area contributed by atoms with Gasteiger partial charge in [0, 0.05) is 12.1 Å². The van der Waals surface area contributed by atoms with Gasteiger partial charge in [-0.2, -0.15) is 0 Å². The summed E-state index contributed by atoms with van der Waals surface area (Å²) in [5.41, 5.74) is 1.06. The van der Waals surface area contributed by atoms with Gasteiger partial charge in [0.15, 0.2) is 0 Å². The van der Waals surface area contributed by atoms with Gasteiger partial charge in [-0.15, -0.1) is 0 Å². The van der Waals surface area contributed by atoms with Crippen LogP contribution in [0.5, 0.6) is 0 Å². The lowest BCUT2D eigenvalue weighted by atomic mass is 10.1. The van der Waals surface area contributed by atoms with Crippen LogP contribution >= 0.6 is 23.2 Å². The maximum Gasteiger partial charge on any atom is 0.255 e. The molecule has 0 radical (unpaired) electrons. The average Bonchev–Trinajstić information content (AvgIpc) is 2.51. The summed E-state index contributed by atoms with van der Waals surface area (Å²) < 4.78 is 0. The minimum Gasteiger partial charge on any atom is -0.370 e. The maximum absolute atomic E-state index is 12.2. The molecule has 0 saturated carbocycles. The summed E-state index contributed by atoms with van der Waals surface area (Å²) in [6, 6.07) is 8.40. The molecule has 1 heterocycles. The van der Waals surface area contributed by atoms with Crippen LogP contribution in [0.2, 0.25) is 10.0 Å². The number of hydrogen-bond donors (Lipinski definition) is 2. The van der Waals surface area contributed by atoms with E-state index in [-0.39, 0.29) is 5.91 Å². The van der Waals surface area contributed by atoms with Crippen molar-refractivity contribution in [1.29, 1.82) is 0 Å². The fourth-order valence-electron chi connectivity index (χ4n) is 1.90. The largest absolute Gasteiger partial charge is 0.370 e. The highest BCUT2D eigenvalue weighted by molar-refractivity contribution is 6.42. The van der Waals surface area contributed by atoms with E-state index >= 15 is 0 Å². The summed E-state index contributed by atoms with van der Waals surface area (Å²) in [5, 5.41) is 6.79. The first-order valence-corrected chi connectivity index (χ1v) is 8.17. The molecular weight excluding hydrogens is 333 g/mol. The van der Waals surface area contributed by atoms with E-state index in [2.05, 4.69) is 29.5 Å². The quantitative estimate of drug-likeness (QED) is 0.761. The van der Waals surface area contributed by atoms with E-state index in [0.717, 1.165) is 18.8 Å². The monoisotopic (exact) mass is 351 g/mol. The highest BCUT2D eigenvalue weighted by atomic mass is 35.5. The van der Waals surface area contributed by atoms with E-state index in [1.54, 1.807) is 24.4 Å². The first kappa shape index (κ1) is 17.6. The van der Waals surface area contributed by atoms with Gasteiger partial charge in [0.2, 0.25) is 0 Å². The predicted octanol–water partition coefficient (Wildman–Crippen LogP) is 5.10. The van der Waals surface area contributed by atoms with Gasteiger partial charge < -0.3 is 10.6 Å². The molecule has 0 aliphatic rings. The average molecular weight is 352 g/mol. The Labute approximate surface area is 146 Å². The van der Waals surface area contributed by atoms with Crippen LogP contribution in [-0.4, -0.2) is 17.4 Å². The summed E-state index contributed by atoms with van der Waals surface area (Å²) in [6.45, 7) is 5.23. The van der Waals surface area contributed by atoms with Gasteiger partial charge in [-0.25, -0.2) is 4.98 Å². The third kappa shape index (κ3) is 5.41. The van der Waals surface area contributed by atoms with Gasteiger partial charge in [0.05, 0.1) is 21.9 Å². The molecule has 0 atom stereocenters. The molecule has 2 aromatic rings. The Kier molecular flexibility index (Phi) is 6.25. The summed E-state index contributed by atoms with van der Waals surface area (Å²) in [5.74, 6) is 1.18. The number of nitrogens with zero attached hydrogens (tertiary/aromatic N) is 1. The van der Waals surface area contributed by atoms with Crippen LogP contribution in [0.3, 0.4) is 0 Å². The lowest BCUT2D eigenvalue weighted by molar-refractivity contribution is 0.102. The van der Waals surface area contributed by atoms with E-state index in [1.165, 1.54) is 6.07 Å². The summed E-state index contributed by atoms with van der Waals surface area (Å²) in [7, 11) is 0. The molecule has 122 valence electrons. The van der Waals surface area contributed by atoms with Crippen molar-refractivity contribution in [1.82, 2.24) is 4.98 Å². The van der Waals surface area contributed by atoms with Crippen LogP contribution in [0, 0.1) is 5.92 Å². The molecule has 0 aliphatic carbocycles. The third-order valence-corrected chi connectivity index (χ3v) is 3.97. The van der Waals surface area contributed by atoms with E-state index in [0.29, 0.717) is 27.2 Å². The van der Waals surface area contributed by atoms with Gasteiger partial charge in [-0.05, 0) is 42.7 Å². The molecule has 0 aliphatic heterocycles. The molecule has 0 unspecified atom stereocenters. The summed E-state index contributed by atoms with van der Waals surface area (Å²) in [6.07, 6.45) is 2.70. The zero-order valence-electron chi connectivity index (χ0n) is 13.1. The van der Waals surface area contributed by atoms with Crippen LogP contribution < -0.4 is 10.6 Å². The topological polar surface area (TPSA) is 54.0 Å². The summed E-state index contributed by atoms with van der Waals surface area (Å²) >= 11 is 11.8. The molecule has 4 nitrogen and oxygen atoms in total. The van der Waals surface area contributed by atoms with Gasteiger partial charge in [0.25, 0.3) is 5.91 Å². The van der Waals surface area contributed by atoms with E-state index in [4.69, 9.17) is 23.2 Å². The second-order valence-electron chi connectivity index (χ2n) is 5.62. The van der Waals surface area contributed by atoms with Crippen molar-refractivity contribution >= 4 is 40.6 Å². The second-order valence-corrected chi connectivity index (χ2v) is 6.44. The fourth-order valence-corrected chi connectivity index (χ4v) is 2.20. The minimum atomic E-state index is -0.258. The predicted molar refractivity (Wildman–Crippen MR) is 96.6 cm³/mol. The Morgan fingerprint density at radius 3 is 2.57 bits per heavy atom. The number of halogens is 2. The Morgan fingerprint density at radius 1 is 1.17 bits per heavy atom. The second kappa shape index (κ2) is 8.18. The number of pyridine rings is 1. The number of carbonyl (C=O) groups excluding carboxylic acids is 1. The Hall–Kier alpha value is -1.78. The normalized spacial score (nSPS) is 10.7. The summed E-state index contributed by atoms with van der Waals surface area (Å²) in [4.78, 5) is 16.4. The van der Waals surface area contributed by atoms with Crippen molar-refractivity contribution in [3.63, 3.8) is 0 Å². The maximum atomic E-state index is 12.2. The molecule has 0 spiro atoms. The van der Waals surface area contributed by atoms with Crippen molar-refractivity contribution in [2.24, 2.45) is 5.92 Å². The first-order valence-electron chi connectivity index (χ1n) is 7.42. The standard InChI is InChI=1S/C17H19Cl2N3O/c1-11(2)7-8-20-16-6-4-13(10-21-16)22-17(23)12-3-5-14(18)15(19)9-12/h3-6,9-11H,7-8H2,1-2H3,(H,20,21)(H,22,23). The van der Waals surface area contributed by atoms with Crippen LogP contribution in [0.15, 0.2) is 36.5 Å². The van der Waals surface area contributed by atoms with Crippen LogP contribution in [0.4, 0.5) is 11.5 Å². The lowest BCUT2D eigenvalue weighted by Crippen LogP contribution is -2.12. The van der Waals surface area contributed by atoms with Crippen molar-refractivity contribution in [2.75, 3.05) is 17.2 Å². The van der Waals surface area contributed by atoms with Crippen LogP contribution in [0.1, 0.15) is 30.6 Å². The Bertz CT molecular complexity index is 672. The van der Waals surface area contributed by atoms with Gasteiger partial charge in [-0.1, -0.05) is 37.0 Å². The van der Waals surface area contributed by atoms with Crippen LogP contribution in [0.25, 0.3) is 0 Å². The number of aromatic nitrogens is 1. The minimum absolute atomic E-state index is 0.258. The van der Waals surface area contributed by atoms with Crippen molar-refractivity contribution in [3.05, 3.63) is 52.1 Å². The van der Waals surface area contributed by atoms with Crippen molar-refractivity contribution in [3.8, 4) is 0 Å². The lowest BCUT2D eigenvalue weighted by Gasteiger charge is -2.09. The van der Waals surface area contributed by atoms with Crippen LogP contribution in [-0.2, 0) is 0 Å². The SMILES string of the molecule is CC(C)CCNc1ccc(NC(=O)c2ccc(Cl)c(Cl)c2)cn1. The molecule has 6 heteroatoms. The smallest absolute Gasteiger partial charge is 0.255 e. The van der Waals surface area contributed by atoms with Crippen molar-refractivity contribution < 1.29 is 4.79 Å². The van der Waals surface area contributed by atoms with Gasteiger partial charge in [0.1, 0.15) is 5.82 Å². The number of amides is 1. The molecule has 2 N–H and O–H groups in total. The van der Waals surface area contributed by atoms with E-state index < -0.39 is 0 Å². The Balaban J connectivity index is 1.94. The highest BCUT2D eigenvalue weighted by Crippen LogP contribution is 2.23. The highest BCUT2D eigenvalue weighted by Gasteiger charge is 2.08. The molecule has 1 aromatic carbocycles. The number of benzene rings is 1. The molecular formula is C17H19Cl2N3O. The zero-order valence-corrected chi connectivity index (χ0v) is 14.6. The van der Waals surface area contributed by atoms with Gasteiger partial charge >= 0.3 is 0 Å². The van der Waals surface area contributed by atoms with Crippen molar-refractivity contribution in [2.45, 2.75) is 20.3 Å². The van der Waals surface area contributed by atoms with E-state index in [9.17, 15) is 4.79 Å². The van der Waals surface area contributed by atoms with Gasteiger partial charge in [-0.3, -0.25) is 4.79 Å². The molecule has 1 aromatic heterocycles. The molecule has 0 fully saturated rings. The first-order chi connectivity index (χ1) is 11.0. The Morgan fingerprint density at radius 2 is 1.96 bits per heavy atom. The number of carbonyl (C=O) groups is 1. The van der Waals surface area contributed by atoms with E-state index in [1.807, 2.05) is 6.07 Å². The molecule has 23 heavy (non-hydrogen) atoms. The number of nitrogens with one attached hydrogen (secondary N) is 2. The fraction of sp³-hybridized carbons (Fsp3) is 0.294. The molecule has 1 amide bonds. The third-order valence-electron chi connectivity index (χ3n) is 3.23. The number of anilines is 2. The number of rotatable bonds is 6. The number of hydrogen-bond acceptors (Lipinski definition) is 3.